The van der Waals surface area contributed by atoms with Crippen molar-refractivity contribution in [2.75, 3.05) is 13.7 Å². The number of rotatable bonds is 13. The fourth-order valence-corrected chi connectivity index (χ4v) is 8.31. The summed E-state index contributed by atoms with van der Waals surface area (Å²) in [5.41, 5.74) is -4.06. The molecule has 1 aromatic heterocycles. The number of hydrogen-bond acceptors (Lipinski definition) is 11. The van der Waals surface area contributed by atoms with E-state index in [4.69, 9.17) is 18.4 Å². The lowest BCUT2D eigenvalue weighted by molar-refractivity contribution is -0.143. The highest BCUT2D eigenvalue weighted by Crippen LogP contribution is 2.48. The standard InChI is InChI=1S/C38H55N5O10S/c1-11-24-20-38(24,33(46)42-54(48,49)53-37(15-16-37)22(2)3)41-30(44)28-19-26(51-31-27-13-12-25(50-10)18-23(27)14-17-39-31)21-43(28)32(45)29(35(4,5)6)40-34(47)52-36(7,8)9/h12-14,17-18,22,24,26,28-29H,11,15-16,19-21H2,1-10H3,(H,40,47)(H,41,44)(H,42,46)/t24-,26-,28+,29-,38-/m1/s1. The minimum absolute atomic E-state index is 0.0158. The highest BCUT2D eigenvalue weighted by Gasteiger charge is 2.62. The monoisotopic (exact) mass is 773 g/mol. The summed E-state index contributed by atoms with van der Waals surface area (Å²) in [6, 6.07) is 4.95. The molecule has 2 aromatic rings. The lowest BCUT2D eigenvalue weighted by Crippen LogP contribution is -2.60. The van der Waals surface area contributed by atoms with Gasteiger partial charge >= 0.3 is 16.4 Å². The second-order valence-corrected chi connectivity index (χ2v) is 18.4. The van der Waals surface area contributed by atoms with Crippen LogP contribution in [-0.4, -0.2) is 90.7 Å². The minimum atomic E-state index is -4.50. The summed E-state index contributed by atoms with van der Waals surface area (Å²) < 4.78 is 50.8. The number of methoxy groups -OCH3 is 1. The van der Waals surface area contributed by atoms with E-state index in [1.165, 1.54) is 4.90 Å². The SMILES string of the molecule is CC[C@@H]1C[C@]1(NC(=O)[C@@H]1C[C@@H](Oc2nccc3cc(OC)ccc23)CN1C(=O)[C@@H](NC(=O)OC(C)(C)C)C(C)(C)C)C(=O)NS(=O)(=O)OC1(C(C)C)CC1. The van der Waals surface area contributed by atoms with Crippen LogP contribution in [0.2, 0.25) is 0 Å². The first-order valence-electron chi connectivity index (χ1n) is 18.5. The van der Waals surface area contributed by atoms with Crippen LogP contribution in [0.4, 0.5) is 4.79 Å². The number of likely N-dealkylation sites (tertiary alicyclic amines) is 1. The molecule has 2 saturated carbocycles. The molecule has 1 saturated heterocycles. The van der Waals surface area contributed by atoms with E-state index in [1.54, 1.807) is 60.9 Å². The molecule has 3 aliphatic rings. The van der Waals surface area contributed by atoms with Gasteiger partial charge in [-0.1, -0.05) is 48.0 Å². The molecule has 0 spiro atoms. The number of carbonyl (C=O) groups is 4. The normalized spacial score (nSPS) is 24.1. The van der Waals surface area contributed by atoms with Gasteiger partial charge in [-0.15, -0.1) is 0 Å². The lowest BCUT2D eigenvalue weighted by Gasteiger charge is -2.36. The van der Waals surface area contributed by atoms with Crippen molar-refractivity contribution >= 4 is 44.9 Å². The van der Waals surface area contributed by atoms with Crippen LogP contribution in [-0.2, 0) is 33.6 Å². The van der Waals surface area contributed by atoms with E-state index in [9.17, 15) is 27.6 Å². The van der Waals surface area contributed by atoms with Crippen molar-refractivity contribution in [3.05, 3.63) is 30.5 Å². The average molecular weight is 774 g/mol. The quantitative estimate of drug-likeness (QED) is 0.262. The summed E-state index contributed by atoms with van der Waals surface area (Å²) >= 11 is 0. The minimum Gasteiger partial charge on any atom is -0.497 e. The topological polar surface area (TPSA) is 192 Å². The third kappa shape index (κ3) is 9.02. The molecule has 0 bridgehead atoms. The maximum atomic E-state index is 14.5. The Hall–Kier alpha value is -4.18. The molecule has 1 aromatic carbocycles. The van der Waals surface area contributed by atoms with E-state index in [-0.39, 0.29) is 37.1 Å². The number of alkyl carbamates (subject to hydrolysis) is 1. The van der Waals surface area contributed by atoms with E-state index < -0.39 is 74.5 Å². The third-order valence-corrected chi connectivity index (χ3v) is 11.5. The van der Waals surface area contributed by atoms with Gasteiger partial charge in [-0.25, -0.2) is 18.7 Å². The summed E-state index contributed by atoms with van der Waals surface area (Å²) in [5, 5.41) is 7.04. The highest BCUT2D eigenvalue weighted by molar-refractivity contribution is 7.85. The van der Waals surface area contributed by atoms with E-state index >= 15 is 0 Å². The predicted octanol–water partition coefficient (Wildman–Crippen LogP) is 4.38. The van der Waals surface area contributed by atoms with Gasteiger partial charge in [0.2, 0.25) is 17.7 Å². The second-order valence-electron chi connectivity index (χ2n) is 17.1. The Balaban J connectivity index is 1.43. The van der Waals surface area contributed by atoms with Crippen LogP contribution in [0.25, 0.3) is 10.8 Å². The number of aromatic nitrogens is 1. The fraction of sp³-hybridized carbons (Fsp3) is 0.658. The maximum Gasteiger partial charge on any atom is 0.408 e. The van der Waals surface area contributed by atoms with Crippen LogP contribution in [0.15, 0.2) is 30.5 Å². The van der Waals surface area contributed by atoms with Crippen molar-refractivity contribution < 1.29 is 46.0 Å². The Morgan fingerprint density at radius 2 is 1.74 bits per heavy atom. The molecule has 54 heavy (non-hydrogen) atoms. The zero-order valence-electron chi connectivity index (χ0n) is 32.9. The molecule has 15 nitrogen and oxygen atoms in total. The Labute approximate surface area is 317 Å². The average Bonchev–Trinajstić information content (AvgIpc) is 3.96. The maximum absolute atomic E-state index is 14.5. The second kappa shape index (κ2) is 14.8. The Kier molecular flexibility index (Phi) is 11.2. The molecule has 3 N–H and O–H groups in total. The third-order valence-electron chi connectivity index (χ3n) is 10.5. The van der Waals surface area contributed by atoms with Gasteiger partial charge < -0.3 is 29.7 Å². The van der Waals surface area contributed by atoms with Crippen LogP contribution in [0.1, 0.15) is 94.4 Å². The molecular weight excluding hydrogens is 719 g/mol. The summed E-state index contributed by atoms with van der Waals surface area (Å²) in [7, 11) is -2.93. The molecule has 2 aliphatic carbocycles. The lowest BCUT2D eigenvalue weighted by atomic mass is 9.85. The summed E-state index contributed by atoms with van der Waals surface area (Å²) in [5.74, 6) is -1.64. The number of ether oxygens (including phenoxy) is 3. The van der Waals surface area contributed by atoms with Crippen LogP contribution in [0, 0.1) is 17.3 Å². The summed E-state index contributed by atoms with van der Waals surface area (Å²) in [6.45, 7) is 16.0. The van der Waals surface area contributed by atoms with E-state index in [0.717, 1.165) is 5.39 Å². The number of nitrogens with one attached hydrogen (secondary N) is 3. The van der Waals surface area contributed by atoms with Crippen molar-refractivity contribution in [3.63, 3.8) is 0 Å². The summed E-state index contributed by atoms with van der Waals surface area (Å²) in [4.78, 5) is 61.4. The van der Waals surface area contributed by atoms with Crippen molar-refractivity contribution in [1.29, 1.82) is 0 Å². The molecule has 5 rings (SSSR count). The molecule has 0 unspecified atom stereocenters. The molecule has 0 radical (unpaired) electrons. The van der Waals surface area contributed by atoms with Crippen LogP contribution in [0.3, 0.4) is 0 Å². The van der Waals surface area contributed by atoms with Crippen molar-refractivity contribution in [1.82, 2.24) is 25.2 Å². The first-order chi connectivity index (χ1) is 25.0. The largest absolute Gasteiger partial charge is 0.497 e. The summed E-state index contributed by atoms with van der Waals surface area (Å²) in [6.07, 6.45) is 1.86. The number of benzene rings is 1. The van der Waals surface area contributed by atoms with E-state index in [1.807, 2.05) is 39.0 Å². The first kappa shape index (κ1) is 41.0. The van der Waals surface area contributed by atoms with Crippen LogP contribution < -0.4 is 24.8 Å². The van der Waals surface area contributed by atoms with Gasteiger partial charge in [0, 0.05) is 18.0 Å². The molecule has 4 amide bonds. The zero-order chi connectivity index (χ0) is 40.0. The number of amides is 4. The Bertz CT molecular complexity index is 1880. The van der Waals surface area contributed by atoms with Crippen LogP contribution in [0.5, 0.6) is 11.6 Å². The van der Waals surface area contributed by atoms with E-state index in [2.05, 4.69) is 20.3 Å². The molecular formula is C38H55N5O10S. The van der Waals surface area contributed by atoms with Gasteiger partial charge in [0.05, 0.1) is 19.3 Å². The number of fused-ring (bicyclic) bond motifs is 1. The molecule has 16 heteroatoms. The molecule has 5 atom stereocenters. The smallest absolute Gasteiger partial charge is 0.408 e. The van der Waals surface area contributed by atoms with Gasteiger partial charge in [0.15, 0.2) is 0 Å². The number of carbonyl (C=O) groups excluding carboxylic acids is 4. The van der Waals surface area contributed by atoms with Crippen molar-refractivity contribution in [2.45, 2.75) is 129 Å². The molecule has 298 valence electrons. The van der Waals surface area contributed by atoms with Gasteiger partial charge in [0.25, 0.3) is 5.91 Å². The fourth-order valence-electron chi connectivity index (χ4n) is 7.06. The number of pyridine rings is 1. The zero-order valence-corrected chi connectivity index (χ0v) is 33.7. The number of hydrogen-bond donors (Lipinski definition) is 3. The van der Waals surface area contributed by atoms with Gasteiger partial charge in [0.1, 0.15) is 35.1 Å². The van der Waals surface area contributed by atoms with Crippen LogP contribution >= 0.6 is 0 Å². The highest BCUT2D eigenvalue weighted by atomic mass is 32.2. The van der Waals surface area contributed by atoms with Gasteiger partial charge in [-0.2, -0.15) is 8.42 Å². The molecule has 1 aliphatic heterocycles. The molecule has 3 fully saturated rings. The molecule has 2 heterocycles. The van der Waals surface area contributed by atoms with E-state index in [0.29, 0.717) is 30.4 Å². The Morgan fingerprint density at radius 3 is 2.30 bits per heavy atom. The van der Waals surface area contributed by atoms with Crippen molar-refractivity contribution in [3.8, 4) is 11.6 Å². The van der Waals surface area contributed by atoms with Gasteiger partial charge in [-0.05, 0) is 86.9 Å². The predicted molar refractivity (Wildman–Crippen MR) is 200 cm³/mol. The first-order valence-corrected chi connectivity index (χ1v) is 19.9. The van der Waals surface area contributed by atoms with Crippen molar-refractivity contribution in [2.24, 2.45) is 17.3 Å². The Morgan fingerprint density at radius 1 is 1.06 bits per heavy atom. The van der Waals surface area contributed by atoms with Gasteiger partial charge in [-0.3, -0.25) is 14.4 Å². The number of nitrogens with zero attached hydrogens (tertiary/aromatic N) is 2.